The summed E-state index contributed by atoms with van der Waals surface area (Å²) in [5.74, 6) is 1.82. The molecule has 4 rings (SSSR count). The van der Waals surface area contributed by atoms with Crippen molar-refractivity contribution in [2.45, 2.75) is 44.2 Å². The fraction of sp³-hybridized carbons (Fsp3) is 0.800. The van der Waals surface area contributed by atoms with E-state index in [0.29, 0.717) is 24.3 Å². The highest BCUT2D eigenvalue weighted by Gasteiger charge is 2.49. The highest BCUT2D eigenvalue weighted by atomic mass is 16.2. The van der Waals surface area contributed by atoms with Gasteiger partial charge in [-0.3, -0.25) is 9.69 Å². The van der Waals surface area contributed by atoms with Crippen molar-refractivity contribution in [2.75, 3.05) is 19.6 Å². The number of hydrogen-bond acceptors (Lipinski definition) is 2. The van der Waals surface area contributed by atoms with Crippen LogP contribution in [0, 0.1) is 11.8 Å². The lowest BCUT2D eigenvalue weighted by Gasteiger charge is -2.57. The maximum Gasteiger partial charge on any atom is 0.226 e. The number of amides is 1. The van der Waals surface area contributed by atoms with Gasteiger partial charge in [0, 0.05) is 19.0 Å². The van der Waals surface area contributed by atoms with Crippen LogP contribution < -0.4 is 0 Å². The Morgan fingerprint density at radius 1 is 1.17 bits per heavy atom. The summed E-state index contributed by atoms with van der Waals surface area (Å²) in [5, 5.41) is 0. The summed E-state index contributed by atoms with van der Waals surface area (Å²) in [6.45, 7) is 3.61. The number of carbonyl (C=O) groups excluding carboxylic acids is 1. The molecule has 3 heteroatoms. The molecule has 0 saturated carbocycles. The lowest BCUT2D eigenvalue weighted by molar-refractivity contribution is -0.143. The van der Waals surface area contributed by atoms with Gasteiger partial charge < -0.3 is 4.90 Å². The van der Waals surface area contributed by atoms with Crippen molar-refractivity contribution in [3.63, 3.8) is 0 Å². The molecule has 0 aliphatic carbocycles. The Kier molecular flexibility index (Phi) is 2.51. The van der Waals surface area contributed by atoms with Gasteiger partial charge in [-0.2, -0.15) is 0 Å². The Bertz CT molecular complexity index is 390. The monoisotopic (exact) mass is 246 g/mol. The third-order valence-corrected chi connectivity index (χ3v) is 5.52. The smallest absolute Gasteiger partial charge is 0.226 e. The standard InChI is InChI=1S/C15H22N2O/c18-14-7-1-6-13-12-5-3-9-16-8-2-4-11(15(12)16)10-17(13)14/h1,6,11-13,15H,2-5,7-10H2/t11-,12+,13-,15-/m1/s1. The van der Waals surface area contributed by atoms with E-state index in [1.54, 1.807) is 0 Å². The molecular weight excluding hydrogens is 224 g/mol. The van der Waals surface area contributed by atoms with E-state index < -0.39 is 0 Å². The van der Waals surface area contributed by atoms with Crippen LogP contribution in [0.1, 0.15) is 32.1 Å². The molecule has 4 aliphatic heterocycles. The molecule has 1 amide bonds. The lowest BCUT2D eigenvalue weighted by atomic mass is 9.69. The second kappa shape index (κ2) is 4.09. The van der Waals surface area contributed by atoms with E-state index in [4.69, 9.17) is 0 Å². The van der Waals surface area contributed by atoms with Crippen molar-refractivity contribution < 1.29 is 4.79 Å². The molecule has 18 heavy (non-hydrogen) atoms. The fourth-order valence-electron chi connectivity index (χ4n) is 4.87. The lowest BCUT2D eigenvalue weighted by Crippen LogP contribution is -2.65. The number of fused-ring (bicyclic) bond motifs is 2. The second-order valence-corrected chi connectivity index (χ2v) is 6.40. The predicted octanol–water partition coefficient (Wildman–Crippen LogP) is 1.65. The van der Waals surface area contributed by atoms with Crippen LogP contribution in [0.3, 0.4) is 0 Å². The average Bonchev–Trinajstić information content (AvgIpc) is 2.41. The zero-order valence-electron chi connectivity index (χ0n) is 10.9. The van der Waals surface area contributed by atoms with Crippen molar-refractivity contribution in [1.82, 2.24) is 9.80 Å². The Morgan fingerprint density at radius 2 is 2.00 bits per heavy atom. The van der Waals surface area contributed by atoms with Crippen LogP contribution in [-0.4, -0.2) is 47.4 Å². The first-order valence-corrected chi connectivity index (χ1v) is 7.55. The first-order valence-electron chi connectivity index (χ1n) is 7.55. The van der Waals surface area contributed by atoms with Gasteiger partial charge in [0.15, 0.2) is 0 Å². The maximum atomic E-state index is 12.1. The van der Waals surface area contributed by atoms with E-state index >= 15 is 0 Å². The molecule has 4 heterocycles. The van der Waals surface area contributed by atoms with Crippen molar-refractivity contribution >= 4 is 5.91 Å². The number of hydrogen-bond donors (Lipinski definition) is 0. The molecule has 4 atom stereocenters. The van der Waals surface area contributed by atoms with Crippen molar-refractivity contribution in [1.29, 1.82) is 0 Å². The highest BCUT2D eigenvalue weighted by Crippen LogP contribution is 2.43. The van der Waals surface area contributed by atoms with Gasteiger partial charge in [-0.1, -0.05) is 12.2 Å². The summed E-state index contributed by atoms with van der Waals surface area (Å²) in [6.07, 6.45) is 10.3. The molecule has 0 radical (unpaired) electrons. The van der Waals surface area contributed by atoms with Crippen molar-refractivity contribution in [3.8, 4) is 0 Å². The van der Waals surface area contributed by atoms with Crippen LogP contribution >= 0.6 is 0 Å². The Hall–Kier alpha value is -0.830. The van der Waals surface area contributed by atoms with Gasteiger partial charge >= 0.3 is 0 Å². The van der Waals surface area contributed by atoms with Gasteiger partial charge in [0.05, 0.1) is 6.04 Å². The molecule has 0 aromatic carbocycles. The minimum Gasteiger partial charge on any atom is -0.335 e. The first-order chi connectivity index (χ1) is 8.84. The molecule has 0 unspecified atom stereocenters. The quantitative estimate of drug-likeness (QED) is 0.607. The average molecular weight is 246 g/mol. The van der Waals surface area contributed by atoms with E-state index in [-0.39, 0.29) is 0 Å². The zero-order chi connectivity index (χ0) is 12.1. The third-order valence-electron chi connectivity index (χ3n) is 5.52. The molecule has 3 nitrogen and oxygen atoms in total. The number of piperidine rings is 3. The zero-order valence-corrected chi connectivity index (χ0v) is 10.9. The van der Waals surface area contributed by atoms with Gasteiger partial charge in [-0.05, 0) is 50.6 Å². The molecule has 0 bridgehead atoms. The van der Waals surface area contributed by atoms with E-state index in [2.05, 4.69) is 22.0 Å². The molecule has 0 spiro atoms. The van der Waals surface area contributed by atoms with E-state index in [9.17, 15) is 4.79 Å². The van der Waals surface area contributed by atoms with Crippen molar-refractivity contribution in [2.24, 2.45) is 11.8 Å². The minimum atomic E-state index is 0.364. The molecule has 98 valence electrons. The maximum absolute atomic E-state index is 12.1. The Balaban J connectivity index is 1.69. The largest absolute Gasteiger partial charge is 0.335 e. The first kappa shape index (κ1) is 11.0. The normalized spacial score (nSPS) is 43.6. The molecule has 3 fully saturated rings. The predicted molar refractivity (Wildman–Crippen MR) is 70.1 cm³/mol. The van der Waals surface area contributed by atoms with Gasteiger partial charge in [-0.25, -0.2) is 0 Å². The van der Waals surface area contributed by atoms with E-state index in [0.717, 1.165) is 18.5 Å². The van der Waals surface area contributed by atoms with E-state index in [1.807, 2.05) is 0 Å². The summed E-state index contributed by atoms with van der Waals surface area (Å²) in [7, 11) is 0. The number of nitrogens with zero attached hydrogens (tertiary/aromatic N) is 2. The second-order valence-electron chi connectivity index (χ2n) is 6.40. The van der Waals surface area contributed by atoms with Crippen LogP contribution in [0.4, 0.5) is 0 Å². The molecule has 0 aromatic heterocycles. The third kappa shape index (κ3) is 1.49. The topological polar surface area (TPSA) is 23.6 Å². The van der Waals surface area contributed by atoms with Crippen LogP contribution in [0.5, 0.6) is 0 Å². The van der Waals surface area contributed by atoms with Crippen molar-refractivity contribution in [3.05, 3.63) is 12.2 Å². The van der Waals surface area contributed by atoms with Gasteiger partial charge in [0.2, 0.25) is 5.91 Å². The molecular formula is C15H22N2O. The summed E-state index contributed by atoms with van der Waals surface area (Å²) in [6, 6.07) is 1.18. The fourth-order valence-corrected chi connectivity index (χ4v) is 4.87. The number of carbonyl (C=O) groups is 1. The summed E-state index contributed by atoms with van der Waals surface area (Å²) in [5.41, 5.74) is 0. The summed E-state index contributed by atoms with van der Waals surface area (Å²) in [4.78, 5) is 17.0. The molecule has 0 N–H and O–H groups in total. The van der Waals surface area contributed by atoms with Crippen LogP contribution in [0.2, 0.25) is 0 Å². The summed E-state index contributed by atoms with van der Waals surface area (Å²) >= 11 is 0. The minimum absolute atomic E-state index is 0.364. The number of rotatable bonds is 0. The Labute approximate surface area is 109 Å². The molecule has 3 saturated heterocycles. The van der Waals surface area contributed by atoms with Gasteiger partial charge in [-0.15, -0.1) is 0 Å². The highest BCUT2D eigenvalue weighted by molar-refractivity contribution is 5.79. The van der Waals surface area contributed by atoms with Gasteiger partial charge in [0.1, 0.15) is 0 Å². The summed E-state index contributed by atoms with van der Waals surface area (Å²) < 4.78 is 0. The van der Waals surface area contributed by atoms with E-state index in [1.165, 1.54) is 38.8 Å². The molecule has 4 aliphatic rings. The van der Waals surface area contributed by atoms with Gasteiger partial charge in [0.25, 0.3) is 0 Å². The van der Waals surface area contributed by atoms with Crippen LogP contribution in [0.15, 0.2) is 12.2 Å². The van der Waals surface area contributed by atoms with Crippen LogP contribution in [0.25, 0.3) is 0 Å². The SMILES string of the molecule is O=C1CC=C[C@@H]2[C@@H]3CCCN4CCC[C@H](CN12)[C@H]34. The Morgan fingerprint density at radius 3 is 2.89 bits per heavy atom. The molecule has 0 aromatic rings. The van der Waals surface area contributed by atoms with Crippen LogP contribution in [-0.2, 0) is 4.79 Å².